The minimum atomic E-state index is 0.383. The van der Waals surface area contributed by atoms with Gasteiger partial charge in [0.1, 0.15) is 0 Å². The molecule has 1 atom stereocenters. The van der Waals surface area contributed by atoms with Crippen molar-refractivity contribution in [3.8, 4) is 33.4 Å². The molecule has 9 aromatic carbocycles. The molecule has 0 radical (unpaired) electrons. The summed E-state index contributed by atoms with van der Waals surface area (Å²) in [5.74, 6) is 0.972. The summed E-state index contributed by atoms with van der Waals surface area (Å²) < 4.78 is 0. The van der Waals surface area contributed by atoms with Gasteiger partial charge in [0.25, 0.3) is 0 Å². The van der Waals surface area contributed by atoms with E-state index in [2.05, 4.69) is 217 Å². The van der Waals surface area contributed by atoms with Gasteiger partial charge in [0, 0.05) is 22.7 Å². The minimum absolute atomic E-state index is 0.383. The Labute approximate surface area is 360 Å². The maximum absolute atomic E-state index is 2.51. The highest BCUT2D eigenvalue weighted by atomic mass is 15.1. The van der Waals surface area contributed by atoms with Gasteiger partial charge < -0.3 is 4.90 Å². The Bertz CT molecular complexity index is 3030. The molecule has 1 heteroatoms. The molecule has 61 heavy (non-hydrogen) atoms. The van der Waals surface area contributed by atoms with Crippen molar-refractivity contribution >= 4 is 44.7 Å². The van der Waals surface area contributed by atoms with E-state index in [-0.39, 0.29) is 0 Å². The second-order valence-corrected chi connectivity index (χ2v) is 17.0. The average Bonchev–Trinajstić information content (AvgIpc) is 3.34. The van der Waals surface area contributed by atoms with Crippen LogP contribution in [-0.4, -0.2) is 0 Å². The Balaban J connectivity index is 1.05. The molecule has 0 aromatic heterocycles. The number of allylic oxidation sites excluding steroid dienone is 1. The fraction of sp³-hybridized carbons (Fsp3) is 0.133. The number of hydrogen-bond donors (Lipinski definition) is 0. The van der Waals surface area contributed by atoms with E-state index in [1.165, 1.54) is 115 Å². The van der Waals surface area contributed by atoms with E-state index in [1.807, 2.05) is 0 Å². The van der Waals surface area contributed by atoms with Crippen molar-refractivity contribution in [3.63, 3.8) is 0 Å². The molecule has 0 bridgehead atoms. The minimum Gasteiger partial charge on any atom is -0.309 e. The highest BCUT2D eigenvalue weighted by Crippen LogP contribution is 2.48. The highest BCUT2D eigenvalue weighted by Gasteiger charge is 2.25. The number of nitrogens with zero attached hydrogens (tertiary/aromatic N) is 1. The highest BCUT2D eigenvalue weighted by molar-refractivity contribution is 6.06. The van der Waals surface area contributed by atoms with Gasteiger partial charge in [-0.05, 0) is 115 Å². The molecule has 11 rings (SSSR count). The predicted octanol–water partition coefficient (Wildman–Crippen LogP) is 17.1. The Morgan fingerprint density at radius 3 is 1.74 bits per heavy atom. The zero-order valence-electron chi connectivity index (χ0n) is 34.6. The van der Waals surface area contributed by atoms with Gasteiger partial charge in [-0.3, -0.25) is 0 Å². The lowest BCUT2D eigenvalue weighted by Gasteiger charge is -2.31. The van der Waals surface area contributed by atoms with Crippen LogP contribution in [0.4, 0.5) is 17.1 Å². The maximum Gasteiger partial charge on any atom is 0.0540 e. The average molecular weight is 784 g/mol. The summed E-state index contributed by atoms with van der Waals surface area (Å²) in [6, 6.07) is 74.7. The lowest BCUT2D eigenvalue weighted by Crippen LogP contribution is -2.12. The van der Waals surface area contributed by atoms with Gasteiger partial charge in [0.05, 0.1) is 11.4 Å². The second kappa shape index (κ2) is 16.2. The summed E-state index contributed by atoms with van der Waals surface area (Å²) >= 11 is 0. The number of rotatable bonds is 8. The van der Waals surface area contributed by atoms with Crippen LogP contribution in [0.1, 0.15) is 72.6 Å². The first-order valence-electron chi connectivity index (χ1n) is 22.2. The first-order chi connectivity index (χ1) is 30.3. The van der Waals surface area contributed by atoms with Crippen LogP contribution in [0, 0.1) is 0 Å². The van der Waals surface area contributed by atoms with Crippen LogP contribution < -0.4 is 4.90 Å². The van der Waals surface area contributed by atoms with Crippen LogP contribution in [0.3, 0.4) is 0 Å². The molecule has 0 heterocycles. The number of benzene rings is 9. The molecule has 1 saturated carbocycles. The van der Waals surface area contributed by atoms with Crippen LogP contribution in [0.5, 0.6) is 0 Å². The van der Waals surface area contributed by atoms with Gasteiger partial charge in [0.15, 0.2) is 0 Å². The summed E-state index contributed by atoms with van der Waals surface area (Å²) in [7, 11) is 0. The van der Waals surface area contributed by atoms with Crippen LogP contribution in [0.25, 0.3) is 61.0 Å². The monoisotopic (exact) mass is 783 g/mol. The summed E-state index contributed by atoms with van der Waals surface area (Å²) in [6.07, 6.45) is 12.1. The molecule has 1 fully saturated rings. The first-order valence-corrected chi connectivity index (χ1v) is 22.2. The number of anilines is 3. The van der Waals surface area contributed by atoms with E-state index in [4.69, 9.17) is 0 Å². The molecule has 2 aliphatic carbocycles. The topological polar surface area (TPSA) is 3.24 Å². The van der Waals surface area contributed by atoms with Crippen molar-refractivity contribution in [2.45, 2.75) is 50.4 Å². The molecule has 0 aliphatic heterocycles. The molecule has 0 saturated heterocycles. The van der Waals surface area contributed by atoms with Crippen molar-refractivity contribution < 1.29 is 0 Å². The third-order valence-corrected chi connectivity index (χ3v) is 13.5. The molecule has 9 aromatic rings. The summed E-state index contributed by atoms with van der Waals surface area (Å²) in [5, 5.41) is 5.21. The molecule has 0 N–H and O–H groups in total. The molecule has 2 aliphatic rings. The summed E-state index contributed by atoms with van der Waals surface area (Å²) in [5.41, 5.74) is 16.5. The van der Waals surface area contributed by atoms with Crippen molar-refractivity contribution in [3.05, 3.63) is 229 Å². The van der Waals surface area contributed by atoms with Crippen molar-refractivity contribution in [1.82, 2.24) is 0 Å². The molecule has 294 valence electrons. The quantitative estimate of drug-likeness (QED) is 0.148. The van der Waals surface area contributed by atoms with E-state index in [0.717, 1.165) is 17.8 Å². The SMILES string of the molecule is C1=Cc2ccccc2C(c2ccc(-c3ccc(N(c4ccccc4-c4cccc5ccccc45)c4ccccc4-c4cccc5cccc(C6CCCCC6)c45)cc3)cc2)C1. The molecule has 1 unspecified atom stereocenters. The van der Waals surface area contributed by atoms with Crippen molar-refractivity contribution in [2.75, 3.05) is 4.90 Å². The van der Waals surface area contributed by atoms with Gasteiger partial charge in [-0.1, -0.05) is 207 Å². The molecular weight excluding hydrogens is 735 g/mol. The fourth-order valence-electron chi connectivity index (χ4n) is 10.5. The Morgan fingerprint density at radius 1 is 0.410 bits per heavy atom. The second-order valence-electron chi connectivity index (χ2n) is 17.0. The number of para-hydroxylation sites is 2. The van der Waals surface area contributed by atoms with E-state index in [0.29, 0.717) is 11.8 Å². The van der Waals surface area contributed by atoms with E-state index < -0.39 is 0 Å². The van der Waals surface area contributed by atoms with Gasteiger partial charge in [-0.15, -0.1) is 0 Å². The smallest absolute Gasteiger partial charge is 0.0540 e. The molecule has 1 nitrogen and oxygen atoms in total. The number of fused-ring (bicyclic) bond motifs is 3. The van der Waals surface area contributed by atoms with Crippen molar-refractivity contribution in [1.29, 1.82) is 0 Å². The van der Waals surface area contributed by atoms with E-state index in [9.17, 15) is 0 Å². The Kier molecular flexibility index (Phi) is 9.87. The Morgan fingerprint density at radius 2 is 0.967 bits per heavy atom. The molecule has 0 spiro atoms. The van der Waals surface area contributed by atoms with Crippen LogP contribution in [0.15, 0.2) is 206 Å². The van der Waals surface area contributed by atoms with Gasteiger partial charge in [-0.25, -0.2) is 0 Å². The van der Waals surface area contributed by atoms with E-state index >= 15 is 0 Å². The van der Waals surface area contributed by atoms with Crippen LogP contribution in [0.2, 0.25) is 0 Å². The first kappa shape index (κ1) is 37.1. The van der Waals surface area contributed by atoms with Gasteiger partial charge >= 0.3 is 0 Å². The standard InChI is InChI=1S/C60H49N/c1-2-16-46(17-3-1)53-29-14-22-48-23-15-31-57(60(48)53)56-27-9-11-33-59(56)61(58-32-10-8-26-55(58)54-30-13-21-45-19-5-7-25-52(45)54)49-40-38-43(39-41-49)42-34-36-47(37-35-42)51-28-12-20-44-18-4-6-24-50(44)51/h4-15,18-27,29-41,46,51H,1-3,16-17,28H2. The largest absolute Gasteiger partial charge is 0.309 e. The zero-order valence-corrected chi connectivity index (χ0v) is 34.6. The molecular formula is C60H49N. The summed E-state index contributed by atoms with van der Waals surface area (Å²) in [6.45, 7) is 0. The number of hydrogen-bond acceptors (Lipinski definition) is 1. The third kappa shape index (κ3) is 6.95. The third-order valence-electron chi connectivity index (χ3n) is 13.5. The molecule has 0 amide bonds. The van der Waals surface area contributed by atoms with Crippen molar-refractivity contribution in [2.24, 2.45) is 0 Å². The van der Waals surface area contributed by atoms with Gasteiger partial charge in [-0.2, -0.15) is 0 Å². The summed E-state index contributed by atoms with van der Waals surface area (Å²) in [4.78, 5) is 2.51. The Hall–Kier alpha value is -6.96. The van der Waals surface area contributed by atoms with E-state index in [1.54, 1.807) is 0 Å². The predicted molar refractivity (Wildman–Crippen MR) is 260 cm³/mol. The van der Waals surface area contributed by atoms with Crippen LogP contribution in [-0.2, 0) is 0 Å². The lowest BCUT2D eigenvalue weighted by atomic mass is 9.80. The normalized spacial score (nSPS) is 15.2. The van der Waals surface area contributed by atoms with Crippen LogP contribution >= 0.6 is 0 Å². The lowest BCUT2D eigenvalue weighted by molar-refractivity contribution is 0.445. The van der Waals surface area contributed by atoms with Gasteiger partial charge in [0.2, 0.25) is 0 Å². The fourth-order valence-corrected chi connectivity index (χ4v) is 10.5. The maximum atomic E-state index is 2.51. The zero-order chi connectivity index (χ0) is 40.5.